The van der Waals surface area contributed by atoms with Gasteiger partial charge in [0.2, 0.25) is 0 Å². The topological polar surface area (TPSA) is 3.24 Å². The van der Waals surface area contributed by atoms with Gasteiger partial charge in [-0.2, -0.15) is 0 Å². The molecule has 2 aliphatic rings. The third-order valence-corrected chi connectivity index (χ3v) is 3.61. The zero-order valence-electron chi connectivity index (χ0n) is 10.7. The maximum Gasteiger partial charge on any atom is 0.0233 e. The van der Waals surface area contributed by atoms with E-state index in [0.717, 1.165) is 6.54 Å². The van der Waals surface area contributed by atoms with Crippen molar-refractivity contribution in [2.24, 2.45) is 0 Å². The van der Waals surface area contributed by atoms with Crippen molar-refractivity contribution in [3.05, 3.63) is 65.3 Å². The second-order valence-corrected chi connectivity index (χ2v) is 5.09. The molecule has 0 spiro atoms. The highest BCUT2D eigenvalue weighted by Crippen LogP contribution is 2.16. The normalized spacial score (nSPS) is 18.8. The monoisotopic (exact) mass is 237 g/mol. The molecule has 92 valence electrons. The molecule has 1 aliphatic heterocycles. The van der Waals surface area contributed by atoms with Crippen molar-refractivity contribution in [3.63, 3.8) is 0 Å². The molecule has 1 heteroatoms. The van der Waals surface area contributed by atoms with E-state index in [0.29, 0.717) is 0 Å². The number of likely N-dealkylation sites (tertiary alicyclic amines) is 1. The Morgan fingerprint density at radius 2 is 1.61 bits per heavy atom. The van der Waals surface area contributed by atoms with Crippen molar-refractivity contribution in [2.45, 2.75) is 19.4 Å². The van der Waals surface area contributed by atoms with Crippen molar-refractivity contribution in [3.8, 4) is 0 Å². The maximum absolute atomic E-state index is 2.54. The molecule has 1 aromatic rings. The molecule has 0 aromatic heterocycles. The van der Waals surface area contributed by atoms with Crippen LogP contribution in [0.15, 0.2) is 54.1 Å². The molecule has 1 aromatic carbocycles. The van der Waals surface area contributed by atoms with Gasteiger partial charge in [-0.15, -0.1) is 0 Å². The molecule has 0 atom stereocenters. The van der Waals surface area contributed by atoms with Gasteiger partial charge in [0.15, 0.2) is 0 Å². The van der Waals surface area contributed by atoms with Gasteiger partial charge in [-0.1, -0.05) is 48.6 Å². The van der Waals surface area contributed by atoms with E-state index in [1.54, 1.807) is 0 Å². The van der Waals surface area contributed by atoms with Gasteiger partial charge in [0.1, 0.15) is 0 Å². The zero-order valence-corrected chi connectivity index (χ0v) is 10.7. The molecule has 1 aliphatic carbocycles. The van der Waals surface area contributed by atoms with Gasteiger partial charge in [-0.25, -0.2) is 0 Å². The van der Waals surface area contributed by atoms with Crippen LogP contribution in [0.1, 0.15) is 24.0 Å². The van der Waals surface area contributed by atoms with Crippen LogP contribution in [0.3, 0.4) is 0 Å². The summed E-state index contributed by atoms with van der Waals surface area (Å²) in [5.74, 6) is 0. The summed E-state index contributed by atoms with van der Waals surface area (Å²) in [5.41, 5.74) is 3.99. The van der Waals surface area contributed by atoms with Crippen molar-refractivity contribution in [2.75, 3.05) is 13.1 Å². The van der Waals surface area contributed by atoms with Crippen LogP contribution < -0.4 is 0 Å². The van der Waals surface area contributed by atoms with Gasteiger partial charge in [0.25, 0.3) is 0 Å². The molecule has 0 N–H and O–H groups in total. The largest absolute Gasteiger partial charge is 0.299 e. The van der Waals surface area contributed by atoms with E-state index in [1.165, 1.54) is 42.6 Å². The number of benzene rings is 1. The Labute approximate surface area is 109 Å². The minimum Gasteiger partial charge on any atom is -0.299 e. The third-order valence-electron chi connectivity index (χ3n) is 3.61. The Morgan fingerprint density at radius 3 is 2.28 bits per heavy atom. The Morgan fingerprint density at radius 1 is 0.944 bits per heavy atom. The molecule has 1 nitrogen and oxygen atoms in total. The molecule has 1 saturated heterocycles. The lowest BCUT2D eigenvalue weighted by atomic mass is 10.1. The van der Waals surface area contributed by atoms with Crippen LogP contribution in [-0.4, -0.2) is 18.0 Å². The molecule has 18 heavy (non-hydrogen) atoms. The molecule has 0 saturated carbocycles. The molecule has 1 fully saturated rings. The number of nitrogens with zero attached hydrogens (tertiary/aromatic N) is 1. The zero-order chi connectivity index (χ0) is 12.2. The fraction of sp³-hybridized carbons (Fsp3) is 0.294. The van der Waals surface area contributed by atoms with E-state index in [1.807, 2.05) is 0 Å². The Hall–Kier alpha value is -1.60. The molecule has 0 amide bonds. The lowest BCUT2D eigenvalue weighted by molar-refractivity contribution is 0.331. The van der Waals surface area contributed by atoms with E-state index in [4.69, 9.17) is 0 Å². The van der Waals surface area contributed by atoms with Crippen molar-refractivity contribution in [1.29, 1.82) is 0 Å². The average Bonchev–Trinajstić information content (AvgIpc) is 3.05. The summed E-state index contributed by atoms with van der Waals surface area (Å²) < 4.78 is 0. The first-order valence-corrected chi connectivity index (χ1v) is 6.78. The van der Waals surface area contributed by atoms with Crippen molar-refractivity contribution in [1.82, 2.24) is 4.90 Å². The van der Waals surface area contributed by atoms with Crippen LogP contribution >= 0.6 is 0 Å². The maximum atomic E-state index is 2.54. The fourth-order valence-corrected chi connectivity index (χ4v) is 2.60. The standard InChI is InChI=1S/C17H19N/c1-2-6-15(5-1)13-16-7-9-17(10-8-16)14-18-11-3-4-12-18/h1-2,5-10,13H,3-4,11-12,14H2. The Balaban J connectivity index is 1.67. The third kappa shape index (κ3) is 2.80. The van der Waals surface area contributed by atoms with Gasteiger partial charge < -0.3 is 0 Å². The molecule has 3 rings (SSSR count). The van der Waals surface area contributed by atoms with Gasteiger partial charge in [0, 0.05) is 6.54 Å². The summed E-state index contributed by atoms with van der Waals surface area (Å²) in [4.78, 5) is 2.54. The highest BCUT2D eigenvalue weighted by molar-refractivity contribution is 5.62. The first-order chi connectivity index (χ1) is 8.90. The number of hydrogen-bond acceptors (Lipinski definition) is 1. The number of rotatable bonds is 3. The first-order valence-electron chi connectivity index (χ1n) is 6.78. The smallest absolute Gasteiger partial charge is 0.0233 e. The van der Waals surface area contributed by atoms with Crippen molar-refractivity contribution >= 4 is 6.08 Å². The van der Waals surface area contributed by atoms with Crippen LogP contribution in [0.25, 0.3) is 6.08 Å². The van der Waals surface area contributed by atoms with E-state index in [-0.39, 0.29) is 0 Å². The van der Waals surface area contributed by atoms with Crippen molar-refractivity contribution < 1.29 is 0 Å². The highest BCUT2D eigenvalue weighted by Gasteiger charge is 2.11. The van der Waals surface area contributed by atoms with E-state index in [9.17, 15) is 0 Å². The minimum atomic E-state index is 1.11. The summed E-state index contributed by atoms with van der Waals surface area (Å²) in [5, 5.41) is 0. The Kier molecular flexibility index (Phi) is 3.42. The SMILES string of the molecule is C1=CC(=Cc2ccc(CN3CCCC3)cc2)C=C1. The van der Waals surface area contributed by atoms with E-state index in [2.05, 4.69) is 59.5 Å². The number of allylic oxidation sites excluding steroid dienone is 5. The first kappa shape index (κ1) is 11.5. The summed E-state index contributed by atoms with van der Waals surface area (Å²) in [6, 6.07) is 8.96. The quantitative estimate of drug-likeness (QED) is 0.773. The van der Waals surface area contributed by atoms with E-state index >= 15 is 0 Å². The predicted octanol–water partition coefficient (Wildman–Crippen LogP) is 3.79. The molecule has 0 radical (unpaired) electrons. The lowest BCUT2D eigenvalue weighted by Crippen LogP contribution is -2.18. The van der Waals surface area contributed by atoms with Gasteiger partial charge >= 0.3 is 0 Å². The fourth-order valence-electron chi connectivity index (χ4n) is 2.60. The van der Waals surface area contributed by atoms with Crippen LogP contribution in [0.4, 0.5) is 0 Å². The Bertz CT molecular complexity index is 471. The minimum absolute atomic E-state index is 1.11. The summed E-state index contributed by atoms with van der Waals surface area (Å²) in [6.45, 7) is 3.64. The van der Waals surface area contributed by atoms with Crippen LogP contribution in [0.5, 0.6) is 0 Å². The average molecular weight is 237 g/mol. The van der Waals surface area contributed by atoms with Gasteiger partial charge in [-0.05, 0) is 48.7 Å². The number of hydrogen-bond donors (Lipinski definition) is 0. The molecule has 0 bridgehead atoms. The van der Waals surface area contributed by atoms with Crippen LogP contribution in [-0.2, 0) is 6.54 Å². The summed E-state index contributed by atoms with van der Waals surface area (Å²) in [7, 11) is 0. The lowest BCUT2D eigenvalue weighted by Gasteiger charge is -2.14. The van der Waals surface area contributed by atoms with Gasteiger partial charge in [0.05, 0.1) is 0 Å². The molecule has 0 unspecified atom stereocenters. The van der Waals surface area contributed by atoms with Gasteiger partial charge in [-0.3, -0.25) is 4.90 Å². The molecular formula is C17H19N. The van der Waals surface area contributed by atoms with Crippen LogP contribution in [0, 0.1) is 0 Å². The summed E-state index contributed by atoms with van der Waals surface area (Å²) in [6.07, 6.45) is 13.4. The molecule has 1 heterocycles. The molecular weight excluding hydrogens is 218 g/mol. The predicted molar refractivity (Wildman–Crippen MR) is 77.2 cm³/mol. The second-order valence-electron chi connectivity index (χ2n) is 5.09. The second kappa shape index (κ2) is 5.36. The summed E-state index contributed by atoms with van der Waals surface area (Å²) >= 11 is 0. The highest BCUT2D eigenvalue weighted by atomic mass is 15.1. The van der Waals surface area contributed by atoms with E-state index < -0.39 is 0 Å². The van der Waals surface area contributed by atoms with Crippen LogP contribution in [0.2, 0.25) is 0 Å².